The van der Waals surface area contributed by atoms with Gasteiger partial charge in [-0.2, -0.15) is 0 Å². The van der Waals surface area contributed by atoms with Crippen molar-refractivity contribution >= 4 is 0 Å². The Morgan fingerprint density at radius 2 is 1.75 bits per heavy atom. The van der Waals surface area contributed by atoms with E-state index in [9.17, 15) is 0 Å². The Morgan fingerprint density at radius 1 is 1.25 bits per heavy atom. The summed E-state index contributed by atoms with van der Waals surface area (Å²) < 4.78 is 0. The van der Waals surface area contributed by atoms with E-state index < -0.39 is 12.1 Å². The highest BCUT2D eigenvalue weighted by Crippen LogP contribution is 1.82. The fraction of sp³-hybridized carbons (Fsp3) is 1.00. The molecule has 8 heavy (non-hydrogen) atoms. The van der Waals surface area contributed by atoms with Gasteiger partial charge in [0.1, 0.15) is 12.1 Å². The molecule has 4 heteroatoms. The molecule has 0 bridgehead atoms. The highest BCUT2D eigenvalue weighted by atomic mass is 16.3. The highest BCUT2D eigenvalue weighted by molar-refractivity contribution is 4.61. The first-order chi connectivity index (χ1) is 3.72. The lowest BCUT2D eigenvalue weighted by atomic mass is 10.2. The number of hydrogen-bond donors (Lipinski definition) is 4. The maximum absolute atomic E-state index is 8.65. The molecule has 0 amide bonds. The van der Waals surface area contributed by atoms with Gasteiger partial charge in [0.2, 0.25) is 0 Å². The quantitative estimate of drug-likeness (QED) is 0.320. The van der Waals surface area contributed by atoms with Gasteiger partial charge in [-0.15, -0.1) is 0 Å². The minimum absolute atomic E-state index is 0.193. The summed E-state index contributed by atoms with van der Waals surface area (Å²) in [6.45, 7) is -0.531. The fourth-order valence-electron chi connectivity index (χ4n) is 0.271. The largest absolute Gasteiger partial charge is 0.393 e. The SMILES string of the molecule is [NH3+][C@H](CO)[C@@H](O)CO. The van der Waals surface area contributed by atoms with E-state index in [0.717, 1.165) is 0 Å². The maximum Gasteiger partial charge on any atom is 0.136 e. The van der Waals surface area contributed by atoms with Crippen LogP contribution in [0.4, 0.5) is 0 Å². The van der Waals surface area contributed by atoms with Crippen LogP contribution in [-0.2, 0) is 0 Å². The molecule has 0 aliphatic carbocycles. The average molecular weight is 122 g/mol. The lowest BCUT2D eigenvalue weighted by Crippen LogP contribution is -2.68. The second kappa shape index (κ2) is 3.80. The van der Waals surface area contributed by atoms with Crippen LogP contribution in [0.2, 0.25) is 0 Å². The molecule has 0 aromatic carbocycles. The molecule has 0 aliphatic heterocycles. The summed E-state index contributed by atoms with van der Waals surface area (Å²) in [4.78, 5) is 0. The average Bonchev–Trinajstić information content (AvgIpc) is 1.84. The first-order valence-corrected chi connectivity index (χ1v) is 2.45. The van der Waals surface area contributed by atoms with Gasteiger partial charge in [0.15, 0.2) is 0 Å². The minimum atomic E-state index is -0.889. The second-order valence-electron chi connectivity index (χ2n) is 1.69. The Morgan fingerprint density at radius 3 is 1.88 bits per heavy atom. The maximum atomic E-state index is 8.65. The van der Waals surface area contributed by atoms with Crippen LogP contribution in [0.5, 0.6) is 0 Å². The van der Waals surface area contributed by atoms with Crippen molar-refractivity contribution in [2.45, 2.75) is 12.1 Å². The van der Waals surface area contributed by atoms with Crippen LogP contribution in [0.25, 0.3) is 0 Å². The van der Waals surface area contributed by atoms with E-state index in [0.29, 0.717) is 0 Å². The molecule has 0 heterocycles. The van der Waals surface area contributed by atoms with Crippen LogP contribution >= 0.6 is 0 Å². The summed E-state index contributed by atoms with van der Waals surface area (Å²) >= 11 is 0. The summed E-state index contributed by atoms with van der Waals surface area (Å²) in [6, 6.07) is -0.472. The molecule has 0 aliphatic rings. The Labute approximate surface area is 47.6 Å². The molecule has 4 nitrogen and oxygen atoms in total. The first-order valence-electron chi connectivity index (χ1n) is 2.45. The van der Waals surface area contributed by atoms with Gasteiger partial charge in [-0.25, -0.2) is 0 Å². The predicted molar refractivity (Wildman–Crippen MR) is 26.9 cm³/mol. The van der Waals surface area contributed by atoms with Crippen molar-refractivity contribution in [1.82, 2.24) is 0 Å². The lowest BCUT2D eigenvalue weighted by Gasteiger charge is -2.08. The molecule has 6 N–H and O–H groups in total. The van der Waals surface area contributed by atoms with Crippen molar-refractivity contribution in [2.24, 2.45) is 0 Å². The Hall–Kier alpha value is -0.160. The van der Waals surface area contributed by atoms with Crippen molar-refractivity contribution in [1.29, 1.82) is 0 Å². The molecule has 0 fully saturated rings. The number of rotatable bonds is 3. The third-order valence-corrected chi connectivity index (χ3v) is 0.966. The molecule has 0 radical (unpaired) electrons. The number of quaternary nitrogens is 1. The van der Waals surface area contributed by atoms with Crippen molar-refractivity contribution in [3.8, 4) is 0 Å². The third kappa shape index (κ3) is 2.23. The number of aliphatic hydroxyl groups excluding tert-OH is 3. The molecule has 0 rings (SSSR count). The molecule has 0 saturated heterocycles. The second-order valence-corrected chi connectivity index (χ2v) is 1.69. The molecule has 0 unspecified atom stereocenters. The van der Waals surface area contributed by atoms with E-state index in [-0.39, 0.29) is 13.2 Å². The van der Waals surface area contributed by atoms with Crippen molar-refractivity contribution in [3.05, 3.63) is 0 Å². The molecular weight excluding hydrogens is 110 g/mol. The van der Waals surface area contributed by atoms with Crippen LogP contribution in [-0.4, -0.2) is 40.7 Å². The molecule has 2 atom stereocenters. The fourth-order valence-corrected chi connectivity index (χ4v) is 0.271. The van der Waals surface area contributed by atoms with E-state index >= 15 is 0 Å². The minimum Gasteiger partial charge on any atom is -0.393 e. The van der Waals surface area contributed by atoms with E-state index in [1.54, 1.807) is 0 Å². The zero-order valence-electron chi connectivity index (χ0n) is 4.62. The number of hydrogen-bond acceptors (Lipinski definition) is 3. The van der Waals surface area contributed by atoms with Gasteiger partial charge in [-0.1, -0.05) is 0 Å². The monoisotopic (exact) mass is 122 g/mol. The van der Waals surface area contributed by atoms with Crippen molar-refractivity contribution in [2.75, 3.05) is 13.2 Å². The predicted octanol–water partition coefficient (Wildman–Crippen LogP) is -3.06. The molecule has 0 aromatic rings. The van der Waals surface area contributed by atoms with Crippen molar-refractivity contribution in [3.63, 3.8) is 0 Å². The summed E-state index contributed by atoms with van der Waals surface area (Å²) in [6.07, 6.45) is -0.889. The molecule has 0 aromatic heterocycles. The van der Waals surface area contributed by atoms with Crippen LogP contribution < -0.4 is 5.73 Å². The molecule has 0 spiro atoms. The summed E-state index contributed by atoms with van der Waals surface area (Å²) in [7, 11) is 0. The van der Waals surface area contributed by atoms with E-state index in [4.69, 9.17) is 15.3 Å². The first kappa shape index (κ1) is 7.84. The Balaban J connectivity index is 3.29. The van der Waals surface area contributed by atoms with Gasteiger partial charge in [0, 0.05) is 0 Å². The Bertz CT molecular complexity index is 51.2. The topological polar surface area (TPSA) is 88.3 Å². The van der Waals surface area contributed by atoms with E-state index in [2.05, 4.69) is 5.73 Å². The smallest absolute Gasteiger partial charge is 0.136 e. The van der Waals surface area contributed by atoms with Gasteiger partial charge < -0.3 is 21.1 Å². The lowest BCUT2D eigenvalue weighted by molar-refractivity contribution is -0.444. The van der Waals surface area contributed by atoms with Gasteiger partial charge in [-0.3, -0.25) is 0 Å². The van der Waals surface area contributed by atoms with Gasteiger partial charge in [0.05, 0.1) is 13.2 Å². The zero-order valence-corrected chi connectivity index (χ0v) is 4.62. The van der Waals surface area contributed by atoms with Crippen LogP contribution in [0.3, 0.4) is 0 Å². The number of aliphatic hydroxyl groups is 3. The summed E-state index contributed by atoms with van der Waals surface area (Å²) in [5, 5.41) is 25.2. The molecule has 0 saturated carbocycles. The summed E-state index contributed by atoms with van der Waals surface area (Å²) in [5.41, 5.74) is 3.37. The molecule has 50 valence electrons. The van der Waals surface area contributed by atoms with E-state index in [1.165, 1.54) is 0 Å². The van der Waals surface area contributed by atoms with Gasteiger partial charge in [-0.05, 0) is 0 Å². The van der Waals surface area contributed by atoms with Crippen LogP contribution in [0.1, 0.15) is 0 Å². The zero-order chi connectivity index (χ0) is 6.57. The Kier molecular flexibility index (Phi) is 3.72. The van der Waals surface area contributed by atoms with Gasteiger partial charge in [0.25, 0.3) is 0 Å². The molecular formula is C4H12NO3+. The van der Waals surface area contributed by atoms with Crippen LogP contribution in [0.15, 0.2) is 0 Å². The van der Waals surface area contributed by atoms with Crippen LogP contribution in [0, 0.1) is 0 Å². The highest BCUT2D eigenvalue weighted by Gasteiger charge is 2.14. The van der Waals surface area contributed by atoms with Crippen molar-refractivity contribution < 1.29 is 21.1 Å². The van der Waals surface area contributed by atoms with E-state index in [1.807, 2.05) is 0 Å². The summed E-state index contributed by atoms with van der Waals surface area (Å²) in [5.74, 6) is 0. The third-order valence-electron chi connectivity index (χ3n) is 0.966. The van der Waals surface area contributed by atoms with Gasteiger partial charge >= 0.3 is 0 Å². The standard InChI is InChI=1S/C4H11NO3/c5-3(1-6)4(8)2-7/h3-4,6-8H,1-2,5H2/p+1/t3-,4+/m1/s1. The normalized spacial score (nSPS) is 18.0.